The Hall–Kier alpha value is -11.0. The maximum absolute atomic E-state index is 12.7. The van der Waals surface area contributed by atoms with E-state index in [1.165, 1.54) is 61.8 Å². The molecule has 0 spiro atoms. The van der Waals surface area contributed by atoms with Crippen LogP contribution in [0.3, 0.4) is 0 Å². The second kappa shape index (κ2) is 90.9. The largest absolute Gasteiger partial charge is 0.499 e. The van der Waals surface area contributed by atoms with Gasteiger partial charge in [-0.25, -0.2) is 9.59 Å². The first kappa shape index (κ1) is 132. The normalized spacial score (nSPS) is 14.4. The van der Waals surface area contributed by atoms with E-state index >= 15 is 0 Å². The molecule has 4 aliphatic rings. The molecular weight excluding hydrogens is 1820 g/mol. The van der Waals surface area contributed by atoms with Crippen LogP contribution < -0.4 is 16.0 Å². The van der Waals surface area contributed by atoms with Crippen molar-refractivity contribution in [2.75, 3.05) is 48.2 Å². The van der Waals surface area contributed by atoms with Gasteiger partial charge in [-0.15, -0.1) is 26.3 Å². The van der Waals surface area contributed by atoms with Gasteiger partial charge in [-0.1, -0.05) is 204 Å². The summed E-state index contributed by atoms with van der Waals surface area (Å²) in [6.07, 6.45) is 47.3. The molecule has 0 fully saturated rings. The van der Waals surface area contributed by atoms with Crippen molar-refractivity contribution >= 4 is 88.5 Å². The van der Waals surface area contributed by atoms with Crippen LogP contribution in [-0.4, -0.2) is 169 Å². The molecule has 8 atom stereocenters. The van der Waals surface area contributed by atoms with Crippen LogP contribution in [0.25, 0.3) is 11.1 Å². The first-order chi connectivity index (χ1) is 67.2. The minimum Gasteiger partial charge on any atom is -0.499 e. The number of carbonyl (C=O) groups is 12. The molecule has 29 nitrogen and oxygen atoms in total. The molecule has 33 heteroatoms. The first-order valence-electron chi connectivity index (χ1n) is 49.7. The number of carboxylic acids is 3. The van der Waals surface area contributed by atoms with Crippen LogP contribution in [0.4, 0.5) is 13.4 Å². The van der Waals surface area contributed by atoms with Gasteiger partial charge in [0.25, 0.3) is 20.0 Å². The van der Waals surface area contributed by atoms with E-state index in [2.05, 4.69) is 90.5 Å². The third-order valence-corrected chi connectivity index (χ3v) is 22.5. The highest BCUT2D eigenvalue weighted by Crippen LogP contribution is 2.47. The Morgan fingerprint density at radius 3 is 1.35 bits per heavy atom. The van der Waals surface area contributed by atoms with Gasteiger partial charge in [0, 0.05) is 89.0 Å². The minimum absolute atomic E-state index is 0.0293. The van der Waals surface area contributed by atoms with Crippen LogP contribution in [0.2, 0.25) is 0 Å². The van der Waals surface area contributed by atoms with Crippen molar-refractivity contribution in [1.82, 2.24) is 25.8 Å². The van der Waals surface area contributed by atoms with Crippen LogP contribution in [0, 0.1) is 45.8 Å². The average Bonchev–Trinajstić information content (AvgIpc) is 1.61. The number of rotatable bonds is 60. The number of hydrogen-bond acceptors (Lipinski definition) is 21. The van der Waals surface area contributed by atoms with E-state index in [1.807, 2.05) is 82.6 Å². The van der Waals surface area contributed by atoms with Crippen molar-refractivity contribution in [3.05, 3.63) is 146 Å². The number of allylic oxidation sites excluding steroid dienone is 4. The number of aliphatic carboxylic acids is 3. The zero-order valence-corrected chi connectivity index (χ0v) is 87.0. The molecule has 2 aromatic carbocycles. The molecule has 2 unspecified atom stereocenters. The number of hydrogen-bond donors (Lipinski definition) is 6. The third-order valence-electron chi connectivity index (χ3n) is 21.8. The number of methoxy groups -OCH3 is 3. The Morgan fingerprint density at radius 2 is 0.964 bits per heavy atom. The van der Waals surface area contributed by atoms with Gasteiger partial charge in [-0.05, 0) is 179 Å². The number of alkyl carbamates (subject to hydrolysis) is 1. The molecular formula is C106H166F2N8O21P2. The number of nitrogens with zero attached hydrogens (tertiary/aromatic N) is 5. The maximum Gasteiger partial charge on any atom is 0.407 e. The molecule has 0 aromatic heterocycles. The SMILES string of the molecule is C=CCCCCCC(=O)N1C(=O)C=C(OC)[C@@H]1CCCCC.C=CCCCCCC(=O)N1C(=O)C=C(OC)[C@@H]1CCCCNC(=O)[C@H](C)CCCCC#N.C=CCCCCCC(=O)O.C=CCCCCCC(=O)OP(F)P.CC#N.CCCCC[C@@H]1NC(=O)C=C1OC.CCCCC[C@H](NC(=O)OCC1c2ccccc2-c2ccccc21)C(=O)O.CCOC(C)=O.C[C@H](CCCCC#N)C(=O)O.[2H]CF. The summed E-state index contributed by atoms with van der Waals surface area (Å²) >= 11 is 0. The van der Waals surface area contributed by atoms with E-state index in [-0.39, 0.29) is 83.9 Å². The lowest BCUT2D eigenvalue weighted by Crippen LogP contribution is -2.41. The Labute approximate surface area is 833 Å². The fraction of sp³-hybridized carbons (Fsp3) is 0.613. The average molecular weight is 1990 g/mol. The Balaban J connectivity index is -0.000000782. The number of alkyl halides is 1. The summed E-state index contributed by atoms with van der Waals surface area (Å²) in [4.78, 5) is 140. The van der Waals surface area contributed by atoms with E-state index in [4.69, 9.17) is 46.3 Å². The molecule has 139 heavy (non-hydrogen) atoms. The molecule has 3 aliphatic heterocycles. The Bertz CT molecular complexity index is 4070. The number of ether oxygens (including phenoxy) is 5. The lowest BCUT2D eigenvalue weighted by molar-refractivity contribution is -0.144. The van der Waals surface area contributed by atoms with Crippen LogP contribution in [0.5, 0.6) is 0 Å². The van der Waals surface area contributed by atoms with Gasteiger partial charge in [-0.3, -0.25) is 62.1 Å². The second-order valence-electron chi connectivity index (χ2n) is 33.0. The van der Waals surface area contributed by atoms with E-state index < -0.39 is 51.3 Å². The number of nitriles is 3. The van der Waals surface area contributed by atoms with E-state index in [1.54, 1.807) is 34.1 Å². The quantitative estimate of drug-likeness (QED) is 0.0155. The highest BCUT2D eigenvalue weighted by atomic mass is 32.0. The van der Waals surface area contributed by atoms with Crippen LogP contribution >= 0.6 is 17.1 Å². The predicted octanol–water partition coefficient (Wildman–Crippen LogP) is 23.9. The summed E-state index contributed by atoms with van der Waals surface area (Å²) in [7, 11) is 3.42. The van der Waals surface area contributed by atoms with Gasteiger partial charge in [0.15, 0.2) is 0 Å². The number of imide groups is 2. The monoisotopic (exact) mass is 1990 g/mol. The van der Waals surface area contributed by atoms with Gasteiger partial charge in [0.1, 0.15) is 29.9 Å². The number of esters is 1. The first-order valence-corrected chi connectivity index (χ1v) is 51.7. The van der Waals surface area contributed by atoms with E-state index in [0.29, 0.717) is 82.5 Å². The highest BCUT2D eigenvalue weighted by Gasteiger charge is 2.39. The summed E-state index contributed by atoms with van der Waals surface area (Å²) in [5, 5.41) is 58.4. The number of unbranched alkanes of at least 4 members (excludes halogenated alkanes) is 23. The molecule has 3 heterocycles. The summed E-state index contributed by atoms with van der Waals surface area (Å²) < 4.78 is 57.6. The number of fused-ring (bicyclic) bond motifs is 3. The van der Waals surface area contributed by atoms with Crippen LogP contribution in [-0.2, 0) is 80.9 Å². The minimum atomic E-state index is -2.12. The summed E-state index contributed by atoms with van der Waals surface area (Å²) in [6.45, 7) is 30.3. The molecule has 0 bridgehead atoms. The van der Waals surface area contributed by atoms with Crippen molar-refractivity contribution in [3.63, 3.8) is 0 Å². The predicted molar refractivity (Wildman–Crippen MR) is 547 cm³/mol. The Kier molecular flexibility index (Phi) is 86.4. The third kappa shape index (κ3) is 67.1. The summed E-state index contributed by atoms with van der Waals surface area (Å²) in [5.74, 6) is -2.32. The zero-order chi connectivity index (χ0) is 106. The Morgan fingerprint density at radius 1 is 0.554 bits per heavy atom. The van der Waals surface area contributed by atoms with Gasteiger partial charge in [0.05, 0.1) is 78.7 Å². The van der Waals surface area contributed by atoms with Crippen LogP contribution in [0.15, 0.2) is 135 Å². The molecule has 2 aromatic rings. The number of halogens is 2. The topological polar surface area (TPSA) is 435 Å². The van der Waals surface area contributed by atoms with Gasteiger partial charge in [0.2, 0.25) is 23.6 Å². The smallest absolute Gasteiger partial charge is 0.407 e. The second-order valence-corrected chi connectivity index (χ2v) is 34.9. The number of amides is 7. The molecule has 6 rings (SSSR count). The molecule has 6 N–H and O–H groups in total. The van der Waals surface area contributed by atoms with E-state index in [9.17, 15) is 71.2 Å². The van der Waals surface area contributed by atoms with Crippen LogP contribution in [0.1, 0.15) is 350 Å². The van der Waals surface area contributed by atoms with Gasteiger partial charge < -0.3 is 59.5 Å². The number of benzene rings is 2. The molecule has 7 amide bonds. The maximum atomic E-state index is 12.7. The lowest BCUT2D eigenvalue weighted by atomic mass is 9.98. The van der Waals surface area contributed by atoms with Crippen molar-refractivity contribution in [2.24, 2.45) is 11.8 Å². The fourth-order valence-electron chi connectivity index (χ4n) is 14.4. The molecule has 1 aliphatic carbocycles. The highest BCUT2D eigenvalue weighted by molar-refractivity contribution is 8.08. The number of carboxylic acid groups (broad SMARTS) is 3. The van der Waals surface area contributed by atoms with E-state index in [0.717, 1.165) is 233 Å². The van der Waals surface area contributed by atoms with Crippen molar-refractivity contribution in [3.8, 4) is 29.3 Å². The molecule has 0 radical (unpaired) electrons. The number of nitrogens with one attached hydrogen (secondary N) is 3. The van der Waals surface area contributed by atoms with Crippen molar-refractivity contribution in [2.45, 2.75) is 362 Å². The van der Waals surface area contributed by atoms with Gasteiger partial charge in [-0.2, -0.15) is 20.0 Å². The molecule has 780 valence electrons. The number of carbonyl (C=O) groups excluding carboxylic acids is 9. The standard InChI is InChI=1S/C25H39N3O4.C22H25NO4.C18H29NO3.C10H17NO2.C8H15FO2P2.C8H13NO2.C8H14O2.C4H8O2.C2H3N.CH3F/c1-4-5-6-7-10-16-23(29)28-21(22(32-3)19-24(28)30)15-11-13-18-27-25(31)20(2)14-9-8-12-17-26;1-2-3-4-13-20(21(24)25)23-22(26)27-14-19-17-11-7-5-9-15(17)16-10-6-8-12-18(16)19;1-4-6-8-9-11-13-17(20)19-15(12-10-7-5-2)16(22-3)14-18(19)21;1-3-4-5-6-8-9(13-2)7-10(12)11-8;1-2-3-4-5-6-7-8(10)11-13(9)12;1-7(8(10)11)5-3-2-4-6-9;1-2-3-4-5-6-7-8(9)10;1-3-6-4(2)5;1-2-3;1-2/h4,19-21H,1,5-16,18H2,2-3H3,(H,27,31);5-12,19-20H,2-4,13-14H2,1H3,(H,23,26)(H,24,25);4,14-15H,1,5-13H2,2-3H3;7-8H,3-6H2,1-2H3,(H,11,12);2H,1,3-7,12H2;7H,2-5H2,1H3,(H,10,11);2H,1,3-7H2,(H,9,10);3H2,1-2H3;1H3;1H3/t20-,21+;20-;15-;8-;;7-;;;;/m1000.1..../s1/i;;;;;;;;;1D. The lowest BCUT2D eigenvalue weighted by Gasteiger charge is -2.25. The van der Waals surface area contributed by atoms with Gasteiger partial charge >= 0.3 is 35.9 Å². The summed E-state index contributed by atoms with van der Waals surface area (Å²) in [5.41, 5.74) is 4.57. The fourth-order valence-corrected chi connectivity index (χ4v) is 15.0. The molecule has 0 saturated heterocycles. The van der Waals surface area contributed by atoms with Crippen molar-refractivity contribution < 1.29 is 111 Å². The molecule has 0 saturated carbocycles. The van der Waals surface area contributed by atoms with Crippen molar-refractivity contribution in [1.29, 1.82) is 15.8 Å². The summed E-state index contributed by atoms with van der Waals surface area (Å²) in [6, 6.07) is 20.7. The zero-order valence-electron chi connectivity index (χ0n) is 86.0.